The molecule has 2 rings (SSSR count). The first-order valence-corrected chi connectivity index (χ1v) is 7.77. The second kappa shape index (κ2) is 7.64. The molecule has 0 aliphatic carbocycles. The van der Waals surface area contributed by atoms with Gasteiger partial charge in [-0.3, -0.25) is 0 Å². The quantitative estimate of drug-likeness (QED) is 0.578. The van der Waals surface area contributed by atoms with Gasteiger partial charge < -0.3 is 9.47 Å². The van der Waals surface area contributed by atoms with Gasteiger partial charge >= 0.3 is 6.16 Å². The smallest absolute Gasteiger partial charge is 0.394 e. The first-order valence-electron chi connectivity index (χ1n) is 7.77. The molecule has 0 amide bonds. The van der Waals surface area contributed by atoms with Crippen molar-refractivity contribution in [3.63, 3.8) is 0 Å². The minimum atomic E-state index is -0.691. The highest BCUT2D eigenvalue weighted by Gasteiger charge is 2.14. The highest BCUT2D eigenvalue weighted by Crippen LogP contribution is 2.25. The number of carbonyl (C=O) groups excluding carboxylic acids is 1. The zero-order chi connectivity index (χ0) is 15.9. The molecule has 22 heavy (non-hydrogen) atoms. The number of para-hydroxylation sites is 1. The Balaban J connectivity index is 2.16. The summed E-state index contributed by atoms with van der Waals surface area (Å²) in [6.07, 6.45) is 1.84. The molecule has 0 N–H and O–H groups in total. The van der Waals surface area contributed by atoms with Gasteiger partial charge in [0.25, 0.3) is 0 Å². The Hall–Kier alpha value is -2.29. The van der Waals surface area contributed by atoms with Crippen molar-refractivity contribution in [2.24, 2.45) is 0 Å². The molecule has 0 heterocycles. The van der Waals surface area contributed by atoms with E-state index in [2.05, 4.69) is 19.9 Å². The van der Waals surface area contributed by atoms with E-state index in [1.54, 1.807) is 6.07 Å². The molecule has 0 aliphatic heterocycles. The van der Waals surface area contributed by atoms with E-state index in [1.165, 1.54) is 5.56 Å². The summed E-state index contributed by atoms with van der Waals surface area (Å²) in [7, 11) is 0. The maximum Gasteiger partial charge on any atom is 0.519 e. The fraction of sp³-hybridized carbons (Fsp3) is 0.316. The van der Waals surface area contributed by atoms with Gasteiger partial charge in [-0.05, 0) is 48.1 Å². The van der Waals surface area contributed by atoms with Gasteiger partial charge in [0, 0.05) is 0 Å². The number of carbonyl (C=O) groups is 1. The van der Waals surface area contributed by atoms with Crippen molar-refractivity contribution in [2.45, 2.75) is 40.0 Å². The maximum atomic E-state index is 12.1. The van der Waals surface area contributed by atoms with Crippen molar-refractivity contribution in [3.8, 4) is 11.5 Å². The Bertz CT molecular complexity index is 647. The summed E-state index contributed by atoms with van der Waals surface area (Å²) in [5.74, 6) is 1.14. The molecule has 3 nitrogen and oxygen atoms in total. The molecule has 0 atom stereocenters. The second-order valence-electron chi connectivity index (χ2n) is 5.02. The van der Waals surface area contributed by atoms with E-state index >= 15 is 0 Å². The zero-order valence-corrected chi connectivity index (χ0v) is 13.4. The summed E-state index contributed by atoms with van der Waals surface area (Å²) in [6, 6.07) is 13.3. The highest BCUT2D eigenvalue weighted by atomic mass is 16.7. The van der Waals surface area contributed by atoms with Crippen molar-refractivity contribution in [1.82, 2.24) is 0 Å². The number of hydrogen-bond donors (Lipinski definition) is 0. The molecule has 0 aromatic heterocycles. The van der Waals surface area contributed by atoms with E-state index in [-0.39, 0.29) is 0 Å². The summed E-state index contributed by atoms with van der Waals surface area (Å²) in [4.78, 5) is 12.1. The number of benzene rings is 2. The van der Waals surface area contributed by atoms with Gasteiger partial charge in [0.05, 0.1) is 0 Å². The van der Waals surface area contributed by atoms with Crippen molar-refractivity contribution in [2.75, 3.05) is 0 Å². The lowest BCUT2D eigenvalue weighted by Gasteiger charge is -2.13. The summed E-state index contributed by atoms with van der Waals surface area (Å²) < 4.78 is 10.8. The Morgan fingerprint density at radius 3 is 2.05 bits per heavy atom. The van der Waals surface area contributed by atoms with Crippen LogP contribution >= 0.6 is 0 Å². The Kier molecular flexibility index (Phi) is 5.59. The zero-order valence-electron chi connectivity index (χ0n) is 13.4. The molecule has 3 heteroatoms. The van der Waals surface area contributed by atoms with Gasteiger partial charge in [0.1, 0.15) is 11.5 Å². The molecule has 0 spiro atoms. The first-order chi connectivity index (χ1) is 10.7. The van der Waals surface area contributed by atoms with Crippen LogP contribution in [0.3, 0.4) is 0 Å². The van der Waals surface area contributed by atoms with Crippen LogP contribution in [0.5, 0.6) is 11.5 Å². The monoisotopic (exact) mass is 298 g/mol. The number of ether oxygens (including phenoxy) is 2. The van der Waals surface area contributed by atoms with E-state index in [1.807, 2.05) is 37.3 Å². The fourth-order valence-electron chi connectivity index (χ4n) is 2.54. The van der Waals surface area contributed by atoms with Crippen LogP contribution in [0.25, 0.3) is 0 Å². The average molecular weight is 298 g/mol. The molecule has 0 unspecified atom stereocenters. The molecule has 0 radical (unpaired) electrons. The van der Waals surface area contributed by atoms with Crippen LogP contribution in [-0.2, 0) is 19.3 Å². The predicted octanol–water partition coefficient (Wildman–Crippen LogP) is 4.95. The van der Waals surface area contributed by atoms with Crippen LogP contribution in [-0.4, -0.2) is 6.16 Å². The van der Waals surface area contributed by atoms with E-state index in [0.717, 1.165) is 30.4 Å². The van der Waals surface area contributed by atoms with Gasteiger partial charge in [-0.2, -0.15) is 0 Å². The lowest BCUT2D eigenvalue weighted by Crippen LogP contribution is -2.16. The molecule has 0 fully saturated rings. The fourth-order valence-corrected chi connectivity index (χ4v) is 2.54. The predicted molar refractivity (Wildman–Crippen MR) is 87.7 cm³/mol. The van der Waals surface area contributed by atoms with Crippen molar-refractivity contribution < 1.29 is 14.3 Å². The Labute approximate surface area is 131 Å². The molecule has 0 saturated carbocycles. The van der Waals surface area contributed by atoms with Gasteiger partial charge in [0.15, 0.2) is 0 Å². The van der Waals surface area contributed by atoms with Crippen LogP contribution < -0.4 is 9.47 Å². The van der Waals surface area contributed by atoms with Crippen LogP contribution in [0.2, 0.25) is 0 Å². The third-order valence-electron chi connectivity index (χ3n) is 3.70. The molecule has 0 bridgehead atoms. The largest absolute Gasteiger partial charge is 0.519 e. The minimum absolute atomic E-state index is 0.555. The normalized spacial score (nSPS) is 10.3. The third kappa shape index (κ3) is 3.67. The SMILES string of the molecule is CCc1ccccc1OC(=O)Oc1cccc(CC)c1CC. The van der Waals surface area contributed by atoms with E-state index in [0.29, 0.717) is 11.5 Å². The Morgan fingerprint density at radius 2 is 1.36 bits per heavy atom. The molecule has 0 saturated heterocycles. The van der Waals surface area contributed by atoms with Crippen LogP contribution in [0.1, 0.15) is 37.5 Å². The lowest BCUT2D eigenvalue weighted by atomic mass is 10.0. The van der Waals surface area contributed by atoms with Gasteiger partial charge in [-0.1, -0.05) is 51.1 Å². The third-order valence-corrected chi connectivity index (χ3v) is 3.70. The van der Waals surface area contributed by atoms with Crippen LogP contribution in [0.15, 0.2) is 42.5 Å². The summed E-state index contributed by atoms with van der Waals surface area (Å²) >= 11 is 0. The van der Waals surface area contributed by atoms with Gasteiger partial charge in [-0.15, -0.1) is 0 Å². The highest BCUT2D eigenvalue weighted by molar-refractivity contribution is 5.68. The molecule has 116 valence electrons. The maximum absolute atomic E-state index is 12.1. The number of aryl methyl sites for hydroxylation is 2. The lowest BCUT2D eigenvalue weighted by molar-refractivity contribution is 0.151. The van der Waals surface area contributed by atoms with E-state index in [4.69, 9.17) is 9.47 Å². The van der Waals surface area contributed by atoms with Crippen molar-refractivity contribution in [1.29, 1.82) is 0 Å². The Morgan fingerprint density at radius 1 is 0.773 bits per heavy atom. The van der Waals surface area contributed by atoms with E-state index in [9.17, 15) is 4.79 Å². The van der Waals surface area contributed by atoms with Crippen molar-refractivity contribution in [3.05, 3.63) is 59.2 Å². The van der Waals surface area contributed by atoms with Gasteiger partial charge in [0.2, 0.25) is 0 Å². The minimum Gasteiger partial charge on any atom is -0.394 e. The van der Waals surface area contributed by atoms with Crippen LogP contribution in [0, 0.1) is 0 Å². The summed E-state index contributed by atoms with van der Waals surface area (Å²) in [6.45, 7) is 6.17. The molecule has 0 aliphatic rings. The van der Waals surface area contributed by atoms with Crippen molar-refractivity contribution >= 4 is 6.16 Å². The number of rotatable bonds is 5. The van der Waals surface area contributed by atoms with E-state index < -0.39 is 6.16 Å². The van der Waals surface area contributed by atoms with Gasteiger partial charge in [-0.25, -0.2) is 4.79 Å². The first kappa shape index (κ1) is 16.1. The summed E-state index contributed by atoms with van der Waals surface area (Å²) in [5, 5.41) is 0. The number of hydrogen-bond acceptors (Lipinski definition) is 3. The second-order valence-corrected chi connectivity index (χ2v) is 5.02. The molecule has 2 aromatic rings. The molecular formula is C19H22O3. The summed E-state index contributed by atoms with van der Waals surface area (Å²) in [5.41, 5.74) is 3.24. The van der Waals surface area contributed by atoms with Crippen LogP contribution in [0.4, 0.5) is 4.79 Å². The standard InChI is InChI=1S/C19H22O3/c1-4-14-11-9-13-18(16(14)6-3)22-19(20)21-17-12-8-7-10-15(17)5-2/h7-13H,4-6H2,1-3H3. The molecular weight excluding hydrogens is 276 g/mol. The molecule has 2 aromatic carbocycles. The topological polar surface area (TPSA) is 35.5 Å². The average Bonchev–Trinajstić information content (AvgIpc) is 2.55.